The molecular weight excluding hydrogens is 342 g/mol. The van der Waals surface area contributed by atoms with Crippen LogP contribution in [0.2, 0.25) is 0 Å². The fraction of sp³-hybridized carbons (Fsp3) is 0.158. The molecule has 1 aliphatic heterocycles. The maximum absolute atomic E-state index is 12.5. The van der Waals surface area contributed by atoms with Gasteiger partial charge in [-0.25, -0.2) is 0 Å². The van der Waals surface area contributed by atoms with Gasteiger partial charge in [0.25, 0.3) is 11.8 Å². The molecule has 0 bridgehead atoms. The van der Waals surface area contributed by atoms with Crippen LogP contribution in [-0.2, 0) is 9.59 Å². The maximum Gasteiger partial charge on any atom is 0.273 e. The summed E-state index contributed by atoms with van der Waals surface area (Å²) >= 11 is 6.10. The summed E-state index contributed by atoms with van der Waals surface area (Å²) in [5, 5.41) is -0.0550. The van der Waals surface area contributed by atoms with E-state index in [-0.39, 0.29) is 23.8 Å². The van der Waals surface area contributed by atoms with Gasteiger partial charge in [-0.3, -0.25) is 14.5 Å². The van der Waals surface area contributed by atoms with Crippen molar-refractivity contribution in [2.75, 3.05) is 20.3 Å². The third-order valence-corrected chi connectivity index (χ3v) is 4.17. The van der Waals surface area contributed by atoms with E-state index in [0.717, 1.165) is 10.6 Å². The highest BCUT2D eigenvalue weighted by molar-refractivity contribution is 6.55. The van der Waals surface area contributed by atoms with E-state index in [1.165, 1.54) is 0 Å². The van der Waals surface area contributed by atoms with Gasteiger partial charge in [-0.1, -0.05) is 41.9 Å². The molecule has 5 nitrogen and oxygen atoms in total. The van der Waals surface area contributed by atoms with Gasteiger partial charge in [0.1, 0.15) is 23.1 Å². The average molecular weight is 358 g/mol. The number of imide groups is 1. The van der Waals surface area contributed by atoms with Gasteiger partial charge in [0.2, 0.25) is 0 Å². The number of hydrogen-bond acceptors (Lipinski definition) is 4. The lowest BCUT2D eigenvalue weighted by Crippen LogP contribution is -2.35. The van der Waals surface area contributed by atoms with Gasteiger partial charge in [0.15, 0.2) is 0 Å². The van der Waals surface area contributed by atoms with Gasteiger partial charge in [-0.2, -0.15) is 0 Å². The Morgan fingerprint density at radius 1 is 0.920 bits per heavy atom. The van der Waals surface area contributed by atoms with Gasteiger partial charge in [-0.05, 0) is 29.8 Å². The Labute approximate surface area is 150 Å². The first-order chi connectivity index (χ1) is 12.1. The molecule has 0 saturated heterocycles. The van der Waals surface area contributed by atoms with Crippen LogP contribution in [0.3, 0.4) is 0 Å². The first-order valence-electron chi connectivity index (χ1n) is 7.70. The summed E-state index contributed by atoms with van der Waals surface area (Å²) in [5.74, 6) is 0.450. The highest BCUT2D eigenvalue weighted by Crippen LogP contribution is 2.31. The van der Waals surface area contributed by atoms with Gasteiger partial charge >= 0.3 is 0 Å². The second-order valence-electron chi connectivity index (χ2n) is 5.34. The van der Waals surface area contributed by atoms with Crippen LogP contribution in [0.4, 0.5) is 0 Å². The number of methoxy groups -OCH3 is 1. The fourth-order valence-electron chi connectivity index (χ4n) is 2.53. The molecule has 0 aromatic heterocycles. The molecule has 0 atom stereocenters. The van der Waals surface area contributed by atoms with E-state index in [4.69, 9.17) is 21.1 Å². The standard InChI is InChI=1S/C19H16ClNO4/c1-24-14-7-9-15(10-8-14)25-12-11-21-18(22)16(17(20)19(21)23)13-5-3-2-4-6-13/h2-10H,11-12H2,1H3. The molecule has 2 aromatic carbocycles. The zero-order valence-electron chi connectivity index (χ0n) is 13.6. The molecule has 0 N–H and O–H groups in total. The maximum atomic E-state index is 12.5. The molecule has 25 heavy (non-hydrogen) atoms. The fourth-order valence-corrected chi connectivity index (χ4v) is 2.82. The van der Waals surface area contributed by atoms with Crippen molar-refractivity contribution in [3.63, 3.8) is 0 Å². The summed E-state index contributed by atoms with van der Waals surface area (Å²) in [7, 11) is 1.58. The number of ether oxygens (including phenoxy) is 2. The predicted octanol–water partition coefficient (Wildman–Crippen LogP) is 3.09. The molecule has 0 fully saturated rings. The van der Waals surface area contributed by atoms with Gasteiger partial charge < -0.3 is 9.47 Å². The van der Waals surface area contributed by atoms with Crippen molar-refractivity contribution in [2.45, 2.75) is 0 Å². The largest absolute Gasteiger partial charge is 0.497 e. The Balaban J connectivity index is 1.64. The third-order valence-electron chi connectivity index (χ3n) is 3.82. The second-order valence-corrected chi connectivity index (χ2v) is 5.72. The Hall–Kier alpha value is -2.79. The van der Waals surface area contributed by atoms with E-state index < -0.39 is 11.8 Å². The number of hydrogen-bond donors (Lipinski definition) is 0. The monoisotopic (exact) mass is 357 g/mol. The normalized spacial score (nSPS) is 14.2. The Morgan fingerprint density at radius 3 is 2.20 bits per heavy atom. The zero-order valence-corrected chi connectivity index (χ0v) is 14.3. The van der Waals surface area contributed by atoms with Crippen LogP contribution in [0.5, 0.6) is 11.5 Å². The summed E-state index contributed by atoms with van der Waals surface area (Å²) in [6.45, 7) is 0.298. The van der Waals surface area contributed by atoms with Crippen LogP contribution >= 0.6 is 11.6 Å². The molecule has 0 aliphatic carbocycles. The summed E-state index contributed by atoms with van der Waals surface area (Å²) in [5.41, 5.74) is 0.862. The van der Waals surface area contributed by atoms with Crippen molar-refractivity contribution in [2.24, 2.45) is 0 Å². The first-order valence-corrected chi connectivity index (χ1v) is 8.08. The molecule has 3 rings (SSSR count). The van der Waals surface area contributed by atoms with E-state index in [1.54, 1.807) is 55.6 Å². The van der Waals surface area contributed by atoms with Crippen LogP contribution in [-0.4, -0.2) is 37.0 Å². The molecule has 0 saturated carbocycles. The third kappa shape index (κ3) is 3.51. The minimum Gasteiger partial charge on any atom is -0.497 e. The molecule has 0 radical (unpaired) electrons. The molecule has 1 aliphatic rings. The van der Waals surface area contributed by atoms with Crippen LogP contribution in [0.25, 0.3) is 5.57 Å². The predicted molar refractivity (Wildman–Crippen MR) is 94.4 cm³/mol. The number of nitrogens with zero attached hydrogens (tertiary/aromatic N) is 1. The number of carbonyl (C=O) groups is 2. The van der Waals surface area contributed by atoms with E-state index >= 15 is 0 Å². The van der Waals surface area contributed by atoms with Crippen molar-refractivity contribution in [3.8, 4) is 11.5 Å². The van der Waals surface area contributed by atoms with E-state index in [1.807, 2.05) is 6.07 Å². The highest BCUT2D eigenvalue weighted by atomic mass is 35.5. The van der Waals surface area contributed by atoms with Crippen LogP contribution in [0.1, 0.15) is 5.56 Å². The first kappa shape index (κ1) is 17.0. The second kappa shape index (κ2) is 7.40. The molecule has 0 unspecified atom stereocenters. The van der Waals surface area contributed by atoms with Crippen LogP contribution in [0, 0.1) is 0 Å². The Kier molecular flexibility index (Phi) is 5.05. The lowest BCUT2D eigenvalue weighted by Gasteiger charge is -2.15. The van der Waals surface area contributed by atoms with E-state index in [9.17, 15) is 9.59 Å². The van der Waals surface area contributed by atoms with Gasteiger partial charge in [-0.15, -0.1) is 0 Å². The number of carbonyl (C=O) groups excluding carboxylic acids is 2. The number of benzene rings is 2. The van der Waals surface area contributed by atoms with Crippen molar-refractivity contribution >= 4 is 29.0 Å². The van der Waals surface area contributed by atoms with Crippen molar-refractivity contribution < 1.29 is 19.1 Å². The quantitative estimate of drug-likeness (QED) is 0.745. The van der Waals surface area contributed by atoms with Gasteiger partial charge in [0, 0.05) is 0 Å². The molecular formula is C19H16ClNO4. The Morgan fingerprint density at radius 2 is 1.56 bits per heavy atom. The smallest absolute Gasteiger partial charge is 0.273 e. The highest BCUT2D eigenvalue weighted by Gasteiger charge is 2.37. The lowest BCUT2D eigenvalue weighted by molar-refractivity contribution is -0.137. The van der Waals surface area contributed by atoms with Crippen LogP contribution < -0.4 is 9.47 Å². The lowest BCUT2D eigenvalue weighted by atomic mass is 10.1. The number of halogens is 1. The van der Waals surface area contributed by atoms with E-state index in [2.05, 4.69) is 0 Å². The molecule has 2 amide bonds. The molecule has 128 valence electrons. The summed E-state index contributed by atoms with van der Waals surface area (Å²) in [6, 6.07) is 16.0. The topological polar surface area (TPSA) is 55.8 Å². The summed E-state index contributed by atoms with van der Waals surface area (Å²) in [6.07, 6.45) is 0. The summed E-state index contributed by atoms with van der Waals surface area (Å²) < 4.78 is 10.7. The average Bonchev–Trinajstić information content (AvgIpc) is 2.86. The molecule has 6 heteroatoms. The number of rotatable bonds is 6. The van der Waals surface area contributed by atoms with Crippen molar-refractivity contribution in [3.05, 3.63) is 65.2 Å². The SMILES string of the molecule is COc1ccc(OCCN2C(=O)C(Cl)=C(c3ccccc3)C2=O)cc1. The van der Waals surface area contributed by atoms with Crippen molar-refractivity contribution in [1.82, 2.24) is 4.90 Å². The zero-order chi connectivity index (χ0) is 17.8. The van der Waals surface area contributed by atoms with Crippen molar-refractivity contribution in [1.29, 1.82) is 0 Å². The molecule has 0 spiro atoms. The van der Waals surface area contributed by atoms with Crippen LogP contribution in [0.15, 0.2) is 59.6 Å². The summed E-state index contributed by atoms with van der Waals surface area (Å²) in [4.78, 5) is 25.9. The minimum absolute atomic E-state index is 0.0550. The molecule has 2 aromatic rings. The van der Waals surface area contributed by atoms with Gasteiger partial charge in [0.05, 0.1) is 19.2 Å². The Bertz CT molecular complexity index is 815. The minimum atomic E-state index is -0.496. The molecule has 1 heterocycles. The number of amides is 2. The van der Waals surface area contributed by atoms with E-state index in [0.29, 0.717) is 11.3 Å².